The minimum atomic E-state index is 0.146. The summed E-state index contributed by atoms with van der Waals surface area (Å²) < 4.78 is 5.17. The lowest BCUT2D eigenvalue weighted by Gasteiger charge is -2.35. The van der Waals surface area contributed by atoms with Crippen LogP contribution in [0.5, 0.6) is 5.88 Å². The Morgan fingerprint density at radius 1 is 1.50 bits per heavy atom. The molecular formula is C14H20N2O2. The van der Waals surface area contributed by atoms with Crippen molar-refractivity contribution in [2.45, 2.75) is 39.2 Å². The van der Waals surface area contributed by atoms with E-state index >= 15 is 0 Å². The number of likely N-dealkylation sites (tertiary alicyclic amines) is 1. The lowest BCUT2D eigenvalue weighted by atomic mass is 9.95. The summed E-state index contributed by atoms with van der Waals surface area (Å²) in [5, 5.41) is 0. The number of ether oxygens (including phenoxy) is 1. The summed E-state index contributed by atoms with van der Waals surface area (Å²) in [6.45, 7) is 4.48. The number of carbonyl (C=O) groups excluding carboxylic acids is 1. The van der Waals surface area contributed by atoms with E-state index in [1.54, 1.807) is 14.0 Å². The Morgan fingerprint density at radius 3 is 2.89 bits per heavy atom. The molecule has 0 N–H and O–H groups in total. The fraction of sp³-hybridized carbons (Fsp3) is 0.571. The van der Waals surface area contributed by atoms with Gasteiger partial charge in [0.25, 0.3) is 0 Å². The van der Waals surface area contributed by atoms with Gasteiger partial charge >= 0.3 is 0 Å². The fourth-order valence-electron chi connectivity index (χ4n) is 2.63. The van der Waals surface area contributed by atoms with Crippen LogP contribution in [-0.4, -0.2) is 29.4 Å². The van der Waals surface area contributed by atoms with Gasteiger partial charge in [-0.3, -0.25) is 4.79 Å². The summed E-state index contributed by atoms with van der Waals surface area (Å²) in [6.07, 6.45) is 5.11. The van der Waals surface area contributed by atoms with Crippen LogP contribution in [0.25, 0.3) is 0 Å². The number of aryl methyl sites for hydroxylation is 1. The predicted octanol–water partition coefficient (Wildman–Crippen LogP) is 2.47. The number of rotatable bonds is 2. The van der Waals surface area contributed by atoms with Crippen LogP contribution in [0.1, 0.15) is 43.4 Å². The van der Waals surface area contributed by atoms with Gasteiger partial charge in [-0.25, -0.2) is 4.98 Å². The van der Waals surface area contributed by atoms with Crippen molar-refractivity contribution in [3.8, 4) is 5.88 Å². The largest absolute Gasteiger partial charge is 0.481 e. The van der Waals surface area contributed by atoms with Gasteiger partial charge < -0.3 is 9.64 Å². The van der Waals surface area contributed by atoms with Gasteiger partial charge in [0.1, 0.15) is 0 Å². The standard InChI is InChI=1S/C14H20N2O2/c1-10-8-12(9-15-14(10)18-3)13-6-4-5-7-16(13)11(2)17/h8-9,13H,4-7H2,1-3H3. The molecular weight excluding hydrogens is 228 g/mol. The van der Waals surface area contributed by atoms with Crippen molar-refractivity contribution in [2.75, 3.05) is 13.7 Å². The van der Waals surface area contributed by atoms with E-state index in [4.69, 9.17) is 4.74 Å². The first-order valence-electron chi connectivity index (χ1n) is 6.41. The highest BCUT2D eigenvalue weighted by Crippen LogP contribution is 2.32. The highest BCUT2D eigenvalue weighted by atomic mass is 16.5. The second-order valence-corrected chi connectivity index (χ2v) is 4.82. The minimum Gasteiger partial charge on any atom is -0.481 e. The summed E-state index contributed by atoms with van der Waals surface area (Å²) in [7, 11) is 1.62. The van der Waals surface area contributed by atoms with Gasteiger partial charge in [0.2, 0.25) is 11.8 Å². The summed E-state index contributed by atoms with van der Waals surface area (Å²) >= 11 is 0. The smallest absolute Gasteiger partial charge is 0.219 e. The zero-order valence-corrected chi connectivity index (χ0v) is 11.3. The molecule has 4 nitrogen and oxygen atoms in total. The Hall–Kier alpha value is -1.58. The van der Waals surface area contributed by atoms with Gasteiger partial charge in [0, 0.05) is 25.2 Å². The molecule has 0 aromatic carbocycles. The van der Waals surface area contributed by atoms with Crippen molar-refractivity contribution >= 4 is 5.91 Å². The highest BCUT2D eigenvalue weighted by Gasteiger charge is 2.26. The van der Waals surface area contributed by atoms with Crippen molar-refractivity contribution in [1.82, 2.24) is 9.88 Å². The number of pyridine rings is 1. The Labute approximate surface area is 108 Å². The van der Waals surface area contributed by atoms with E-state index in [0.29, 0.717) is 5.88 Å². The van der Waals surface area contributed by atoms with Gasteiger partial charge in [0.05, 0.1) is 13.2 Å². The summed E-state index contributed by atoms with van der Waals surface area (Å²) in [4.78, 5) is 17.9. The molecule has 1 fully saturated rings. The number of carbonyl (C=O) groups is 1. The van der Waals surface area contributed by atoms with Crippen molar-refractivity contribution in [3.63, 3.8) is 0 Å². The molecule has 0 bridgehead atoms. The third-order valence-corrected chi connectivity index (χ3v) is 3.54. The van der Waals surface area contributed by atoms with Crippen LogP contribution in [0.3, 0.4) is 0 Å². The van der Waals surface area contributed by atoms with Gasteiger partial charge in [-0.1, -0.05) is 0 Å². The average molecular weight is 248 g/mol. The van der Waals surface area contributed by atoms with Gasteiger partial charge in [-0.05, 0) is 37.8 Å². The topological polar surface area (TPSA) is 42.4 Å². The molecule has 1 aromatic rings. The molecule has 0 radical (unpaired) electrons. The van der Waals surface area contributed by atoms with Crippen molar-refractivity contribution in [1.29, 1.82) is 0 Å². The third-order valence-electron chi connectivity index (χ3n) is 3.54. The number of methoxy groups -OCH3 is 1. The maximum absolute atomic E-state index is 11.7. The molecule has 0 aliphatic carbocycles. The normalized spacial score (nSPS) is 19.7. The van der Waals surface area contributed by atoms with E-state index in [1.807, 2.05) is 18.0 Å². The van der Waals surface area contributed by atoms with Crippen LogP contribution in [0.15, 0.2) is 12.3 Å². The van der Waals surface area contributed by atoms with Gasteiger partial charge in [-0.15, -0.1) is 0 Å². The second-order valence-electron chi connectivity index (χ2n) is 4.82. The predicted molar refractivity (Wildman–Crippen MR) is 69.5 cm³/mol. The van der Waals surface area contributed by atoms with E-state index in [-0.39, 0.29) is 11.9 Å². The van der Waals surface area contributed by atoms with E-state index in [2.05, 4.69) is 11.1 Å². The number of amides is 1. The maximum Gasteiger partial charge on any atom is 0.219 e. The van der Waals surface area contributed by atoms with Crippen LogP contribution in [0.2, 0.25) is 0 Å². The number of hydrogen-bond donors (Lipinski definition) is 0. The van der Waals surface area contributed by atoms with Gasteiger partial charge in [-0.2, -0.15) is 0 Å². The highest BCUT2D eigenvalue weighted by molar-refractivity contribution is 5.74. The first-order valence-corrected chi connectivity index (χ1v) is 6.41. The van der Waals surface area contributed by atoms with E-state index < -0.39 is 0 Å². The lowest BCUT2D eigenvalue weighted by Crippen LogP contribution is -2.37. The quantitative estimate of drug-likeness (QED) is 0.807. The van der Waals surface area contributed by atoms with Crippen LogP contribution in [-0.2, 0) is 4.79 Å². The Balaban J connectivity index is 2.28. The van der Waals surface area contributed by atoms with Gasteiger partial charge in [0.15, 0.2) is 0 Å². The molecule has 2 rings (SSSR count). The van der Waals surface area contributed by atoms with E-state index in [0.717, 1.165) is 30.5 Å². The minimum absolute atomic E-state index is 0.146. The fourth-order valence-corrected chi connectivity index (χ4v) is 2.63. The molecule has 1 aliphatic rings. The first-order chi connectivity index (χ1) is 8.63. The Morgan fingerprint density at radius 2 is 2.28 bits per heavy atom. The SMILES string of the molecule is COc1ncc(C2CCCCN2C(C)=O)cc1C. The van der Waals surface area contributed by atoms with Crippen molar-refractivity contribution in [2.24, 2.45) is 0 Å². The monoisotopic (exact) mass is 248 g/mol. The molecule has 4 heteroatoms. The Bertz CT molecular complexity index is 445. The third kappa shape index (κ3) is 2.47. The number of hydrogen-bond acceptors (Lipinski definition) is 3. The number of piperidine rings is 1. The molecule has 1 aromatic heterocycles. The second kappa shape index (κ2) is 5.38. The Kier molecular flexibility index (Phi) is 3.84. The first kappa shape index (κ1) is 12.9. The van der Waals surface area contributed by atoms with E-state index in [1.165, 1.54) is 6.42 Å². The summed E-state index contributed by atoms with van der Waals surface area (Å²) in [5.74, 6) is 0.803. The molecule has 98 valence electrons. The van der Waals surface area contributed by atoms with Crippen molar-refractivity contribution < 1.29 is 9.53 Å². The zero-order valence-electron chi connectivity index (χ0n) is 11.3. The molecule has 1 atom stereocenters. The summed E-state index contributed by atoms with van der Waals surface area (Å²) in [6, 6.07) is 2.26. The molecule has 18 heavy (non-hydrogen) atoms. The molecule has 0 spiro atoms. The molecule has 1 saturated heterocycles. The molecule has 1 amide bonds. The summed E-state index contributed by atoms with van der Waals surface area (Å²) in [5.41, 5.74) is 2.13. The van der Waals surface area contributed by atoms with Crippen LogP contribution in [0, 0.1) is 6.92 Å². The van der Waals surface area contributed by atoms with E-state index in [9.17, 15) is 4.79 Å². The van der Waals surface area contributed by atoms with Crippen LogP contribution < -0.4 is 4.74 Å². The number of nitrogens with zero attached hydrogens (tertiary/aromatic N) is 2. The molecule has 1 unspecified atom stereocenters. The molecule has 1 aliphatic heterocycles. The van der Waals surface area contributed by atoms with Crippen LogP contribution in [0.4, 0.5) is 0 Å². The lowest BCUT2D eigenvalue weighted by molar-refractivity contribution is -0.132. The van der Waals surface area contributed by atoms with Crippen molar-refractivity contribution in [3.05, 3.63) is 23.4 Å². The molecule has 2 heterocycles. The average Bonchev–Trinajstić information content (AvgIpc) is 2.38. The maximum atomic E-state index is 11.7. The number of aromatic nitrogens is 1. The molecule has 0 saturated carbocycles. The zero-order chi connectivity index (χ0) is 13.1. The van der Waals surface area contributed by atoms with Crippen LogP contribution >= 0.6 is 0 Å².